The third-order valence-electron chi connectivity index (χ3n) is 4.01. The van der Waals surface area contributed by atoms with Gasteiger partial charge in [0, 0.05) is 23.5 Å². The third-order valence-corrected chi connectivity index (χ3v) is 4.50. The molecule has 0 saturated carbocycles. The van der Waals surface area contributed by atoms with Crippen LogP contribution in [0.5, 0.6) is 0 Å². The minimum atomic E-state index is 0. The number of rotatable bonds is 5. The van der Waals surface area contributed by atoms with E-state index in [1.807, 2.05) is 54.7 Å². The molecule has 0 spiro atoms. The van der Waals surface area contributed by atoms with E-state index in [1.165, 1.54) is 5.57 Å². The van der Waals surface area contributed by atoms with E-state index < -0.39 is 0 Å². The monoisotopic (exact) mass is 372 g/mol. The molecule has 3 rings (SSSR count). The Morgan fingerprint density at radius 2 is 1.64 bits per heavy atom. The van der Waals surface area contributed by atoms with Crippen molar-refractivity contribution in [1.29, 1.82) is 0 Å². The molecule has 4 heteroatoms. The van der Waals surface area contributed by atoms with Crippen molar-refractivity contribution in [3.63, 3.8) is 0 Å². The van der Waals surface area contributed by atoms with Gasteiger partial charge < -0.3 is 5.32 Å². The summed E-state index contributed by atoms with van der Waals surface area (Å²) in [4.78, 5) is 4.53. The Balaban J connectivity index is 0.00000225. The summed E-state index contributed by atoms with van der Waals surface area (Å²) in [5.41, 5.74) is 4.41. The second kappa shape index (κ2) is 10.1. The van der Waals surface area contributed by atoms with E-state index in [0.29, 0.717) is 0 Å². The largest absolute Gasteiger partial charge is 0.382 e. The van der Waals surface area contributed by atoms with Crippen molar-refractivity contribution in [2.75, 3.05) is 11.9 Å². The minimum absolute atomic E-state index is 0. The van der Waals surface area contributed by atoms with Gasteiger partial charge in [-0.2, -0.15) is 0 Å². The first-order valence-electron chi connectivity index (χ1n) is 8.29. The van der Waals surface area contributed by atoms with Gasteiger partial charge in [0.2, 0.25) is 0 Å². The number of halogens is 2. The average Bonchev–Trinajstić information content (AvgIpc) is 2.64. The van der Waals surface area contributed by atoms with Gasteiger partial charge in [0.15, 0.2) is 0 Å². The molecule has 25 heavy (non-hydrogen) atoms. The zero-order valence-electron chi connectivity index (χ0n) is 14.0. The third kappa shape index (κ3) is 5.77. The van der Waals surface area contributed by atoms with Gasteiger partial charge in [0.25, 0.3) is 0 Å². The molecule has 1 aliphatic rings. The van der Waals surface area contributed by atoms with Crippen LogP contribution in [0.25, 0.3) is 0 Å². The van der Waals surface area contributed by atoms with Crippen LogP contribution in [0.4, 0.5) is 11.4 Å². The Hall–Kier alpha value is -2.03. The van der Waals surface area contributed by atoms with Crippen molar-refractivity contribution < 1.29 is 0 Å². The zero-order chi connectivity index (χ0) is 16.6. The maximum atomic E-state index is 6.59. The summed E-state index contributed by atoms with van der Waals surface area (Å²) in [5, 5.41) is 4.25. The predicted molar refractivity (Wildman–Crippen MR) is 112 cm³/mol. The lowest BCUT2D eigenvalue weighted by molar-refractivity contribution is 0.798. The number of anilines is 1. The van der Waals surface area contributed by atoms with Crippen LogP contribution in [0.2, 0.25) is 0 Å². The quantitative estimate of drug-likeness (QED) is 0.593. The molecule has 0 saturated heterocycles. The first-order valence-corrected chi connectivity index (χ1v) is 8.67. The SMILES string of the molecule is Cl.ClC1=C(C=Nc2ccccc2)CCCC1=CCNc1ccccc1. The Bertz CT molecular complexity index is 750. The lowest BCUT2D eigenvalue weighted by Crippen LogP contribution is -2.04. The zero-order valence-corrected chi connectivity index (χ0v) is 15.6. The highest BCUT2D eigenvalue weighted by atomic mass is 35.5. The molecule has 1 aliphatic carbocycles. The van der Waals surface area contributed by atoms with Gasteiger partial charge >= 0.3 is 0 Å². The molecule has 0 atom stereocenters. The van der Waals surface area contributed by atoms with E-state index in [2.05, 4.69) is 28.5 Å². The van der Waals surface area contributed by atoms with Crippen LogP contribution < -0.4 is 5.32 Å². The Morgan fingerprint density at radius 1 is 0.960 bits per heavy atom. The van der Waals surface area contributed by atoms with Crippen LogP contribution in [0, 0.1) is 0 Å². The number of hydrogen-bond donors (Lipinski definition) is 1. The Labute approximate surface area is 160 Å². The molecule has 0 amide bonds. The van der Waals surface area contributed by atoms with Crippen molar-refractivity contribution in [1.82, 2.24) is 0 Å². The minimum Gasteiger partial charge on any atom is -0.382 e. The smallest absolute Gasteiger partial charge is 0.0629 e. The van der Waals surface area contributed by atoms with Gasteiger partial charge in [0.1, 0.15) is 0 Å². The molecule has 1 N–H and O–H groups in total. The highest BCUT2D eigenvalue weighted by Gasteiger charge is 2.14. The number of hydrogen-bond acceptors (Lipinski definition) is 2. The van der Waals surface area contributed by atoms with E-state index in [9.17, 15) is 0 Å². The number of para-hydroxylation sites is 2. The maximum Gasteiger partial charge on any atom is 0.0629 e. The fourth-order valence-electron chi connectivity index (χ4n) is 2.72. The van der Waals surface area contributed by atoms with Crippen LogP contribution in [-0.4, -0.2) is 12.8 Å². The topological polar surface area (TPSA) is 24.4 Å². The lowest BCUT2D eigenvalue weighted by Gasteiger charge is -2.17. The van der Waals surface area contributed by atoms with E-state index in [0.717, 1.165) is 47.8 Å². The van der Waals surface area contributed by atoms with Crippen molar-refractivity contribution in [3.05, 3.63) is 82.9 Å². The summed E-state index contributed by atoms with van der Waals surface area (Å²) in [6.07, 6.45) is 7.22. The van der Waals surface area contributed by atoms with Crippen molar-refractivity contribution in [2.24, 2.45) is 4.99 Å². The number of benzene rings is 2. The fourth-order valence-corrected chi connectivity index (χ4v) is 3.04. The van der Waals surface area contributed by atoms with Gasteiger partial charge in [-0.05, 0) is 54.7 Å². The normalized spacial score (nSPS) is 16.1. The molecular formula is C21H22Cl2N2. The van der Waals surface area contributed by atoms with Gasteiger partial charge in [-0.3, -0.25) is 4.99 Å². The molecule has 0 heterocycles. The van der Waals surface area contributed by atoms with E-state index in [-0.39, 0.29) is 12.4 Å². The highest BCUT2D eigenvalue weighted by molar-refractivity contribution is 6.33. The first-order chi connectivity index (χ1) is 11.8. The second-order valence-corrected chi connectivity index (χ2v) is 6.14. The van der Waals surface area contributed by atoms with Crippen molar-refractivity contribution in [2.45, 2.75) is 19.3 Å². The summed E-state index contributed by atoms with van der Waals surface area (Å²) >= 11 is 6.59. The molecule has 2 aromatic carbocycles. The van der Waals surface area contributed by atoms with Crippen LogP contribution in [0.1, 0.15) is 19.3 Å². The first kappa shape index (κ1) is 19.3. The summed E-state index contributed by atoms with van der Waals surface area (Å²) in [6.45, 7) is 0.776. The fraction of sp³-hybridized carbons (Fsp3) is 0.190. The molecule has 2 nitrogen and oxygen atoms in total. The van der Waals surface area contributed by atoms with Gasteiger partial charge in [-0.15, -0.1) is 12.4 Å². The summed E-state index contributed by atoms with van der Waals surface area (Å²) < 4.78 is 0. The van der Waals surface area contributed by atoms with Crippen molar-refractivity contribution >= 4 is 41.6 Å². The highest BCUT2D eigenvalue weighted by Crippen LogP contribution is 2.31. The van der Waals surface area contributed by atoms with Crippen LogP contribution in [0.3, 0.4) is 0 Å². The molecule has 0 bridgehead atoms. The molecule has 0 radical (unpaired) electrons. The standard InChI is InChI=1S/C21H21ClN2.ClH/c22-21-17(14-15-23-19-10-3-1-4-11-19)8-7-9-18(21)16-24-20-12-5-2-6-13-20;/h1-6,10-14,16,23H,7-9,15H2;1H. The summed E-state index contributed by atoms with van der Waals surface area (Å²) in [7, 11) is 0. The molecule has 0 aliphatic heterocycles. The Morgan fingerprint density at radius 3 is 2.36 bits per heavy atom. The van der Waals surface area contributed by atoms with Crippen LogP contribution in [-0.2, 0) is 0 Å². The van der Waals surface area contributed by atoms with Crippen LogP contribution in [0.15, 0.2) is 87.9 Å². The number of allylic oxidation sites excluding steroid dienone is 3. The maximum absolute atomic E-state index is 6.59. The van der Waals surface area contributed by atoms with Gasteiger partial charge in [-0.1, -0.05) is 54.1 Å². The molecule has 0 unspecified atom stereocenters. The van der Waals surface area contributed by atoms with Gasteiger partial charge in [-0.25, -0.2) is 0 Å². The molecule has 2 aromatic rings. The molecule has 0 fully saturated rings. The summed E-state index contributed by atoms with van der Waals surface area (Å²) in [6, 6.07) is 20.2. The second-order valence-electron chi connectivity index (χ2n) is 5.76. The number of aliphatic imine (C=N–C) groups is 1. The molecular weight excluding hydrogens is 351 g/mol. The van der Waals surface area contributed by atoms with E-state index >= 15 is 0 Å². The van der Waals surface area contributed by atoms with Crippen LogP contribution >= 0.6 is 24.0 Å². The molecule has 0 aromatic heterocycles. The average molecular weight is 373 g/mol. The molecule has 130 valence electrons. The summed E-state index contributed by atoms with van der Waals surface area (Å²) in [5.74, 6) is 0. The van der Waals surface area contributed by atoms with Crippen molar-refractivity contribution in [3.8, 4) is 0 Å². The number of nitrogens with one attached hydrogen (secondary N) is 1. The van der Waals surface area contributed by atoms with Gasteiger partial charge in [0.05, 0.1) is 5.69 Å². The Kier molecular flexibility index (Phi) is 7.77. The lowest BCUT2D eigenvalue weighted by atomic mass is 9.95. The predicted octanol–water partition coefficient (Wildman–Crippen LogP) is 6.53. The number of nitrogens with zero attached hydrogens (tertiary/aromatic N) is 1. The van der Waals surface area contributed by atoms with E-state index in [1.54, 1.807) is 0 Å². The van der Waals surface area contributed by atoms with E-state index in [4.69, 9.17) is 11.6 Å².